The standard InChI is InChI=1S/C16H14BrN3/c17-14-8-4-7-13(10-14)15(16-11-18-20-19-16)9-12-5-2-1-3-6-12/h1-8,10-11,15H,9H2,(H,18,19,20). The minimum absolute atomic E-state index is 0.202. The molecule has 100 valence electrons. The summed E-state index contributed by atoms with van der Waals surface area (Å²) in [4.78, 5) is 0. The fourth-order valence-corrected chi connectivity index (χ4v) is 2.76. The van der Waals surface area contributed by atoms with Gasteiger partial charge in [0.05, 0.1) is 11.9 Å². The summed E-state index contributed by atoms with van der Waals surface area (Å²) in [6, 6.07) is 18.8. The summed E-state index contributed by atoms with van der Waals surface area (Å²) < 4.78 is 1.08. The van der Waals surface area contributed by atoms with Gasteiger partial charge in [0, 0.05) is 10.4 Å². The fourth-order valence-electron chi connectivity index (χ4n) is 2.34. The average molecular weight is 328 g/mol. The maximum absolute atomic E-state index is 4.27. The van der Waals surface area contributed by atoms with Gasteiger partial charge >= 0.3 is 0 Å². The molecule has 1 atom stereocenters. The molecule has 3 rings (SSSR count). The highest BCUT2D eigenvalue weighted by Gasteiger charge is 2.17. The summed E-state index contributed by atoms with van der Waals surface area (Å²) in [5.74, 6) is 0.202. The van der Waals surface area contributed by atoms with E-state index in [1.807, 2.05) is 12.1 Å². The molecule has 0 saturated carbocycles. The predicted molar refractivity (Wildman–Crippen MR) is 82.5 cm³/mol. The SMILES string of the molecule is Brc1cccc(C(Cc2ccccc2)c2cn[nH]n2)c1. The van der Waals surface area contributed by atoms with Crippen molar-refractivity contribution in [2.75, 3.05) is 0 Å². The van der Waals surface area contributed by atoms with Crippen LogP contribution < -0.4 is 0 Å². The zero-order valence-corrected chi connectivity index (χ0v) is 12.4. The van der Waals surface area contributed by atoms with Crippen LogP contribution in [-0.4, -0.2) is 15.4 Å². The van der Waals surface area contributed by atoms with E-state index in [-0.39, 0.29) is 5.92 Å². The van der Waals surface area contributed by atoms with E-state index in [9.17, 15) is 0 Å². The molecule has 0 bridgehead atoms. The quantitative estimate of drug-likeness (QED) is 0.788. The maximum atomic E-state index is 4.27. The smallest absolute Gasteiger partial charge is 0.0902 e. The second-order valence-electron chi connectivity index (χ2n) is 4.69. The molecule has 0 amide bonds. The Morgan fingerprint density at radius 3 is 2.60 bits per heavy atom. The van der Waals surface area contributed by atoms with Crippen LogP contribution in [0.3, 0.4) is 0 Å². The van der Waals surface area contributed by atoms with Gasteiger partial charge in [-0.25, -0.2) is 0 Å². The molecule has 0 fully saturated rings. The van der Waals surface area contributed by atoms with Gasteiger partial charge in [-0.05, 0) is 29.7 Å². The van der Waals surface area contributed by atoms with Gasteiger partial charge in [0.15, 0.2) is 0 Å². The minimum atomic E-state index is 0.202. The predicted octanol–water partition coefficient (Wildman–Crippen LogP) is 3.94. The van der Waals surface area contributed by atoms with Gasteiger partial charge in [-0.2, -0.15) is 15.4 Å². The van der Waals surface area contributed by atoms with E-state index < -0.39 is 0 Å². The van der Waals surface area contributed by atoms with E-state index in [0.717, 1.165) is 16.6 Å². The Morgan fingerprint density at radius 1 is 1.05 bits per heavy atom. The Balaban J connectivity index is 1.97. The number of hydrogen-bond acceptors (Lipinski definition) is 2. The van der Waals surface area contributed by atoms with Crippen molar-refractivity contribution < 1.29 is 0 Å². The van der Waals surface area contributed by atoms with E-state index >= 15 is 0 Å². The number of aromatic amines is 1. The van der Waals surface area contributed by atoms with Gasteiger partial charge in [0.1, 0.15) is 0 Å². The lowest BCUT2D eigenvalue weighted by Gasteiger charge is -2.15. The molecular weight excluding hydrogens is 314 g/mol. The number of halogens is 1. The molecule has 4 heteroatoms. The summed E-state index contributed by atoms with van der Waals surface area (Å²) in [7, 11) is 0. The van der Waals surface area contributed by atoms with Crippen molar-refractivity contribution in [2.45, 2.75) is 12.3 Å². The summed E-state index contributed by atoms with van der Waals surface area (Å²) >= 11 is 3.54. The first-order valence-corrected chi connectivity index (χ1v) is 7.27. The number of benzene rings is 2. The van der Waals surface area contributed by atoms with Crippen LogP contribution in [0, 0.1) is 0 Å². The van der Waals surface area contributed by atoms with Crippen molar-refractivity contribution in [3.05, 3.63) is 82.1 Å². The summed E-state index contributed by atoms with van der Waals surface area (Å²) in [5, 5.41) is 10.9. The molecule has 0 aliphatic heterocycles. The van der Waals surface area contributed by atoms with E-state index in [0.29, 0.717) is 0 Å². The second-order valence-corrected chi connectivity index (χ2v) is 5.61. The maximum Gasteiger partial charge on any atom is 0.0902 e. The van der Waals surface area contributed by atoms with Crippen LogP contribution in [0.2, 0.25) is 0 Å². The lowest BCUT2D eigenvalue weighted by atomic mass is 9.90. The monoisotopic (exact) mass is 327 g/mol. The topological polar surface area (TPSA) is 41.6 Å². The molecule has 1 aromatic heterocycles. The number of nitrogens with zero attached hydrogens (tertiary/aromatic N) is 2. The first kappa shape index (κ1) is 13.1. The van der Waals surface area contributed by atoms with Gasteiger partial charge in [-0.1, -0.05) is 58.4 Å². The zero-order chi connectivity index (χ0) is 13.8. The molecule has 3 nitrogen and oxygen atoms in total. The lowest BCUT2D eigenvalue weighted by molar-refractivity contribution is 0.763. The Labute approximate surface area is 126 Å². The van der Waals surface area contributed by atoms with Crippen LogP contribution in [0.5, 0.6) is 0 Å². The average Bonchev–Trinajstić information content (AvgIpc) is 3.00. The van der Waals surface area contributed by atoms with Crippen molar-refractivity contribution in [2.24, 2.45) is 0 Å². The third-order valence-corrected chi connectivity index (χ3v) is 3.82. The molecule has 0 aliphatic rings. The van der Waals surface area contributed by atoms with Crippen LogP contribution in [0.15, 0.2) is 65.3 Å². The summed E-state index contributed by atoms with van der Waals surface area (Å²) in [6.45, 7) is 0. The Bertz CT molecular complexity index is 665. The molecule has 0 radical (unpaired) electrons. The molecule has 2 aromatic carbocycles. The molecule has 1 unspecified atom stereocenters. The molecule has 1 heterocycles. The highest BCUT2D eigenvalue weighted by atomic mass is 79.9. The highest BCUT2D eigenvalue weighted by molar-refractivity contribution is 9.10. The zero-order valence-electron chi connectivity index (χ0n) is 10.8. The molecule has 1 N–H and O–H groups in total. The Hall–Kier alpha value is -1.94. The second kappa shape index (κ2) is 6.01. The minimum Gasteiger partial charge on any atom is -0.198 e. The Morgan fingerprint density at radius 2 is 1.90 bits per heavy atom. The normalized spacial score (nSPS) is 12.2. The number of nitrogens with one attached hydrogen (secondary N) is 1. The molecule has 0 aliphatic carbocycles. The van der Waals surface area contributed by atoms with Gasteiger partial charge in [-0.3, -0.25) is 0 Å². The van der Waals surface area contributed by atoms with Crippen LogP contribution in [0.25, 0.3) is 0 Å². The van der Waals surface area contributed by atoms with Gasteiger partial charge < -0.3 is 0 Å². The van der Waals surface area contributed by atoms with E-state index in [2.05, 4.69) is 73.8 Å². The molecule has 0 spiro atoms. The molecule has 3 aromatic rings. The van der Waals surface area contributed by atoms with Gasteiger partial charge in [0.2, 0.25) is 0 Å². The highest BCUT2D eigenvalue weighted by Crippen LogP contribution is 2.28. The van der Waals surface area contributed by atoms with Crippen LogP contribution in [-0.2, 0) is 6.42 Å². The van der Waals surface area contributed by atoms with Gasteiger partial charge in [-0.15, -0.1) is 0 Å². The summed E-state index contributed by atoms with van der Waals surface area (Å²) in [6.07, 6.45) is 2.71. The van der Waals surface area contributed by atoms with Crippen molar-refractivity contribution in [3.63, 3.8) is 0 Å². The third-order valence-electron chi connectivity index (χ3n) is 3.32. The number of aromatic nitrogens is 3. The van der Waals surface area contributed by atoms with Crippen LogP contribution in [0.1, 0.15) is 22.7 Å². The van der Waals surface area contributed by atoms with E-state index in [1.165, 1.54) is 11.1 Å². The Kier molecular flexibility index (Phi) is 3.92. The van der Waals surface area contributed by atoms with Crippen molar-refractivity contribution in [1.82, 2.24) is 15.4 Å². The molecular formula is C16H14BrN3. The van der Waals surface area contributed by atoms with E-state index in [1.54, 1.807) is 6.20 Å². The number of rotatable bonds is 4. The first-order chi connectivity index (χ1) is 9.83. The first-order valence-electron chi connectivity index (χ1n) is 6.48. The number of H-pyrrole nitrogens is 1. The molecule has 0 saturated heterocycles. The van der Waals surface area contributed by atoms with Gasteiger partial charge in [0.25, 0.3) is 0 Å². The van der Waals surface area contributed by atoms with E-state index in [4.69, 9.17) is 0 Å². The lowest BCUT2D eigenvalue weighted by Crippen LogP contribution is -2.06. The fraction of sp³-hybridized carbons (Fsp3) is 0.125. The largest absolute Gasteiger partial charge is 0.198 e. The van der Waals surface area contributed by atoms with Crippen molar-refractivity contribution >= 4 is 15.9 Å². The third kappa shape index (κ3) is 2.96. The summed E-state index contributed by atoms with van der Waals surface area (Å²) in [5.41, 5.74) is 3.49. The van der Waals surface area contributed by atoms with Crippen molar-refractivity contribution in [1.29, 1.82) is 0 Å². The van der Waals surface area contributed by atoms with Crippen molar-refractivity contribution in [3.8, 4) is 0 Å². The molecule has 20 heavy (non-hydrogen) atoms. The van der Waals surface area contributed by atoms with Crippen LogP contribution in [0.4, 0.5) is 0 Å². The number of hydrogen-bond donors (Lipinski definition) is 1. The van der Waals surface area contributed by atoms with Crippen LogP contribution >= 0.6 is 15.9 Å².